The van der Waals surface area contributed by atoms with Crippen molar-refractivity contribution in [2.24, 2.45) is 0 Å². The van der Waals surface area contributed by atoms with Crippen molar-refractivity contribution < 1.29 is 13.9 Å². The quantitative estimate of drug-likeness (QED) is 0.614. The van der Waals surface area contributed by atoms with Crippen molar-refractivity contribution in [3.05, 3.63) is 89.4 Å². The second kappa shape index (κ2) is 9.19. The molecule has 0 atom stereocenters. The van der Waals surface area contributed by atoms with E-state index in [1.54, 1.807) is 43.6 Å². The van der Waals surface area contributed by atoms with Gasteiger partial charge in [0, 0.05) is 24.1 Å². The van der Waals surface area contributed by atoms with Crippen LogP contribution in [0.1, 0.15) is 21.5 Å². The molecule has 0 saturated carbocycles. The van der Waals surface area contributed by atoms with E-state index in [-0.39, 0.29) is 11.7 Å². The second-order valence-corrected chi connectivity index (χ2v) is 6.69. The summed E-state index contributed by atoms with van der Waals surface area (Å²) >= 11 is 1.34. The maximum absolute atomic E-state index is 13.8. The zero-order valence-corrected chi connectivity index (χ0v) is 15.6. The van der Waals surface area contributed by atoms with Crippen LogP contribution >= 0.6 is 11.8 Å². The third-order valence-electron chi connectivity index (χ3n) is 3.97. The predicted molar refractivity (Wildman–Crippen MR) is 104 cm³/mol. The Hall–Kier alpha value is -2.86. The van der Waals surface area contributed by atoms with Crippen LogP contribution in [0.3, 0.4) is 0 Å². The lowest BCUT2D eigenvalue weighted by Gasteiger charge is -2.11. The molecule has 27 heavy (non-hydrogen) atoms. The summed E-state index contributed by atoms with van der Waals surface area (Å²) in [6.07, 6.45) is 1.63. The van der Waals surface area contributed by atoms with Crippen LogP contribution in [0.15, 0.2) is 71.9 Å². The highest BCUT2D eigenvalue weighted by atomic mass is 32.2. The van der Waals surface area contributed by atoms with Crippen molar-refractivity contribution in [3.63, 3.8) is 0 Å². The number of methoxy groups -OCH3 is 1. The summed E-state index contributed by atoms with van der Waals surface area (Å²) in [6.45, 7) is 0.342. The molecule has 138 valence electrons. The van der Waals surface area contributed by atoms with E-state index in [4.69, 9.17) is 4.74 Å². The van der Waals surface area contributed by atoms with Gasteiger partial charge < -0.3 is 10.1 Å². The van der Waals surface area contributed by atoms with E-state index >= 15 is 0 Å². The minimum atomic E-state index is -0.261. The van der Waals surface area contributed by atoms with E-state index in [0.717, 1.165) is 11.3 Å². The molecule has 0 saturated heterocycles. The fraction of sp³-hybridized carbons (Fsp3) is 0.143. The molecule has 0 radical (unpaired) electrons. The fourth-order valence-electron chi connectivity index (χ4n) is 2.56. The van der Waals surface area contributed by atoms with Gasteiger partial charge in [0.1, 0.15) is 16.6 Å². The molecule has 1 aromatic heterocycles. The highest BCUT2D eigenvalue weighted by molar-refractivity contribution is 7.98. The maximum Gasteiger partial charge on any atom is 0.254 e. The summed E-state index contributed by atoms with van der Waals surface area (Å²) < 4.78 is 19.1. The highest BCUT2D eigenvalue weighted by Crippen LogP contribution is 2.25. The Bertz CT molecular complexity index is 933. The van der Waals surface area contributed by atoms with Gasteiger partial charge in [-0.25, -0.2) is 9.37 Å². The van der Waals surface area contributed by atoms with E-state index in [0.29, 0.717) is 28.5 Å². The number of carbonyl (C=O) groups excluding carboxylic acids is 1. The minimum Gasteiger partial charge on any atom is -0.496 e. The first kappa shape index (κ1) is 18.9. The van der Waals surface area contributed by atoms with Crippen LogP contribution < -0.4 is 10.1 Å². The van der Waals surface area contributed by atoms with Gasteiger partial charge in [-0.3, -0.25) is 4.79 Å². The Morgan fingerprint density at radius 3 is 2.59 bits per heavy atom. The van der Waals surface area contributed by atoms with Gasteiger partial charge in [-0.2, -0.15) is 0 Å². The van der Waals surface area contributed by atoms with Gasteiger partial charge in [0.05, 0.1) is 12.7 Å². The van der Waals surface area contributed by atoms with Gasteiger partial charge in [0.25, 0.3) is 5.91 Å². The first-order valence-corrected chi connectivity index (χ1v) is 9.39. The molecule has 0 unspecified atom stereocenters. The molecule has 0 aliphatic carbocycles. The Morgan fingerprint density at radius 2 is 1.81 bits per heavy atom. The third kappa shape index (κ3) is 4.86. The van der Waals surface area contributed by atoms with E-state index < -0.39 is 0 Å². The maximum atomic E-state index is 13.8. The van der Waals surface area contributed by atoms with Crippen molar-refractivity contribution in [1.29, 1.82) is 0 Å². The predicted octanol–water partition coefficient (Wildman–Crippen LogP) is 4.45. The zero-order valence-electron chi connectivity index (χ0n) is 14.8. The van der Waals surface area contributed by atoms with Crippen LogP contribution in [0.4, 0.5) is 4.39 Å². The van der Waals surface area contributed by atoms with Crippen LogP contribution in [-0.2, 0) is 12.3 Å². The number of hydrogen-bond donors (Lipinski definition) is 1. The fourth-order valence-corrected chi connectivity index (χ4v) is 3.54. The van der Waals surface area contributed by atoms with Crippen molar-refractivity contribution >= 4 is 17.7 Å². The Balaban J connectivity index is 1.69. The molecular formula is C21H19FN2O2S. The number of pyridine rings is 1. The van der Waals surface area contributed by atoms with Crippen LogP contribution in [-0.4, -0.2) is 18.0 Å². The number of thioether (sulfide) groups is 1. The lowest BCUT2D eigenvalue weighted by molar-refractivity contribution is 0.0947. The van der Waals surface area contributed by atoms with Crippen LogP contribution in [0, 0.1) is 5.82 Å². The molecule has 0 aliphatic heterocycles. The first-order valence-electron chi connectivity index (χ1n) is 8.40. The van der Waals surface area contributed by atoms with Gasteiger partial charge in [-0.1, -0.05) is 36.4 Å². The molecule has 6 heteroatoms. The molecule has 1 N–H and O–H groups in total. The molecule has 2 aromatic carbocycles. The smallest absolute Gasteiger partial charge is 0.254 e. The van der Waals surface area contributed by atoms with E-state index in [1.165, 1.54) is 17.8 Å². The van der Waals surface area contributed by atoms with Gasteiger partial charge in [-0.15, -0.1) is 11.8 Å². The van der Waals surface area contributed by atoms with Crippen LogP contribution in [0.2, 0.25) is 0 Å². The van der Waals surface area contributed by atoms with Crippen LogP contribution in [0.25, 0.3) is 0 Å². The normalized spacial score (nSPS) is 10.4. The van der Waals surface area contributed by atoms with Crippen LogP contribution in [0.5, 0.6) is 5.75 Å². The summed E-state index contributed by atoms with van der Waals surface area (Å²) in [4.78, 5) is 16.9. The van der Waals surface area contributed by atoms with E-state index in [1.807, 2.05) is 24.3 Å². The van der Waals surface area contributed by atoms with E-state index in [9.17, 15) is 9.18 Å². The molecule has 0 fully saturated rings. The number of para-hydroxylation sites is 1. The molecule has 3 aromatic rings. The SMILES string of the molecule is COc1ccccc1CNC(=O)c1cccnc1SCc1ccccc1F. The largest absolute Gasteiger partial charge is 0.496 e. The Labute approximate surface area is 161 Å². The number of nitrogens with zero attached hydrogens (tertiary/aromatic N) is 1. The summed E-state index contributed by atoms with van der Waals surface area (Å²) in [6, 6.07) is 17.5. The summed E-state index contributed by atoms with van der Waals surface area (Å²) in [5, 5.41) is 3.46. The van der Waals surface area contributed by atoms with Crippen molar-refractivity contribution in [2.75, 3.05) is 7.11 Å². The molecule has 1 heterocycles. The average molecular weight is 382 g/mol. The number of amides is 1. The molecule has 1 amide bonds. The number of hydrogen-bond acceptors (Lipinski definition) is 4. The van der Waals surface area contributed by atoms with Gasteiger partial charge >= 0.3 is 0 Å². The monoisotopic (exact) mass is 382 g/mol. The molecule has 4 nitrogen and oxygen atoms in total. The van der Waals surface area contributed by atoms with Crippen molar-refractivity contribution in [3.8, 4) is 5.75 Å². The van der Waals surface area contributed by atoms with Gasteiger partial charge in [-0.05, 0) is 29.8 Å². The number of aromatic nitrogens is 1. The molecule has 0 bridgehead atoms. The summed E-state index contributed by atoms with van der Waals surface area (Å²) in [5.41, 5.74) is 1.93. The number of benzene rings is 2. The van der Waals surface area contributed by atoms with Crippen molar-refractivity contribution in [1.82, 2.24) is 10.3 Å². The van der Waals surface area contributed by atoms with Gasteiger partial charge in [0.2, 0.25) is 0 Å². The lowest BCUT2D eigenvalue weighted by Crippen LogP contribution is -2.24. The molecule has 0 aliphatic rings. The number of nitrogens with one attached hydrogen (secondary N) is 1. The molecular weight excluding hydrogens is 363 g/mol. The average Bonchev–Trinajstić information content (AvgIpc) is 2.72. The summed E-state index contributed by atoms with van der Waals surface area (Å²) in [7, 11) is 1.60. The second-order valence-electron chi connectivity index (χ2n) is 5.73. The molecule has 3 rings (SSSR count). The van der Waals surface area contributed by atoms with Gasteiger partial charge in [0.15, 0.2) is 0 Å². The number of halogens is 1. The van der Waals surface area contributed by atoms with E-state index in [2.05, 4.69) is 10.3 Å². The number of carbonyl (C=O) groups is 1. The Kier molecular flexibility index (Phi) is 6.44. The number of rotatable bonds is 7. The van der Waals surface area contributed by atoms with Crippen molar-refractivity contribution in [2.45, 2.75) is 17.3 Å². The Morgan fingerprint density at radius 1 is 1.07 bits per heavy atom. The standard InChI is InChI=1S/C21H19FN2O2S/c1-26-19-11-5-3-7-15(19)13-24-20(25)17-9-6-12-23-21(17)27-14-16-8-2-4-10-18(16)22/h2-12H,13-14H2,1H3,(H,24,25). The topological polar surface area (TPSA) is 51.2 Å². The zero-order chi connectivity index (χ0) is 19.1. The highest BCUT2D eigenvalue weighted by Gasteiger charge is 2.14. The lowest BCUT2D eigenvalue weighted by atomic mass is 10.2. The number of ether oxygens (including phenoxy) is 1. The molecule has 0 spiro atoms. The third-order valence-corrected chi connectivity index (χ3v) is 5.02. The first-order chi connectivity index (χ1) is 13.2. The summed E-state index contributed by atoms with van der Waals surface area (Å²) in [5.74, 6) is 0.627. The minimum absolute atomic E-state index is 0.231.